The van der Waals surface area contributed by atoms with Crippen LogP contribution in [0.15, 0.2) is 53.3 Å². The second kappa shape index (κ2) is 8.84. The number of hydrogen-bond donors (Lipinski definition) is 2. The van der Waals surface area contributed by atoms with Crippen molar-refractivity contribution in [2.45, 2.75) is 33.2 Å². The predicted octanol–water partition coefficient (Wildman–Crippen LogP) is 3.93. The highest BCUT2D eigenvalue weighted by Gasteiger charge is 2.18. The van der Waals surface area contributed by atoms with E-state index in [-0.39, 0.29) is 11.5 Å². The van der Waals surface area contributed by atoms with Gasteiger partial charge in [0, 0.05) is 62.1 Å². The van der Waals surface area contributed by atoms with E-state index < -0.39 is 0 Å². The van der Waals surface area contributed by atoms with E-state index in [2.05, 4.69) is 53.3 Å². The number of piperazine rings is 1. The number of nitrogens with one attached hydrogen (secondary N) is 2. The fraction of sp³-hybridized carbons (Fsp3) is 0.360. The van der Waals surface area contributed by atoms with Crippen molar-refractivity contribution in [1.82, 2.24) is 9.88 Å². The van der Waals surface area contributed by atoms with Crippen molar-refractivity contribution in [1.29, 1.82) is 0 Å². The summed E-state index contributed by atoms with van der Waals surface area (Å²) in [5.74, 6) is 0.588. The standard InChI is InChI=1S/C25H30N4O2/c1-17(2)19-4-9-24-20(14-19)15-21(25(31)27-24)16-26-22-5-7-23(8-6-22)29-12-10-28(11-13-29)18(3)30/h4-9,14-15,17,26H,10-13,16H2,1-3H3,(H,27,31). The second-order valence-corrected chi connectivity index (χ2v) is 8.52. The number of amides is 1. The number of fused-ring (bicyclic) bond motifs is 1. The maximum atomic E-state index is 12.5. The van der Waals surface area contributed by atoms with Gasteiger partial charge < -0.3 is 20.1 Å². The summed E-state index contributed by atoms with van der Waals surface area (Å²) in [5, 5.41) is 4.42. The molecule has 1 saturated heterocycles. The Balaban J connectivity index is 1.42. The van der Waals surface area contributed by atoms with E-state index in [1.54, 1.807) is 6.92 Å². The molecule has 2 N–H and O–H groups in total. The van der Waals surface area contributed by atoms with Gasteiger partial charge in [-0.25, -0.2) is 0 Å². The molecule has 1 aromatic heterocycles. The number of benzene rings is 2. The molecule has 1 amide bonds. The maximum Gasteiger partial charge on any atom is 0.253 e. The van der Waals surface area contributed by atoms with Gasteiger partial charge in [-0.1, -0.05) is 19.9 Å². The summed E-state index contributed by atoms with van der Waals surface area (Å²) in [6.45, 7) is 9.64. The van der Waals surface area contributed by atoms with E-state index in [4.69, 9.17) is 0 Å². The lowest BCUT2D eigenvalue weighted by molar-refractivity contribution is -0.129. The summed E-state index contributed by atoms with van der Waals surface area (Å²) in [6, 6.07) is 16.4. The molecule has 0 bridgehead atoms. The molecule has 1 aliphatic heterocycles. The highest BCUT2D eigenvalue weighted by Crippen LogP contribution is 2.22. The second-order valence-electron chi connectivity index (χ2n) is 8.52. The molecule has 3 aromatic rings. The molecule has 1 aliphatic rings. The molecule has 6 heteroatoms. The Morgan fingerprint density at radius 1 is 1.03 bits per heavy atom. The summed E-state index contributed by atoms with van der Waals surface area (Å²) >= 11 is 0. The van der Waals surface area contributed by atoms with Crippen molar-refractivity contribution in [3.05, 3.63) is 70.0 Å². The van der Waals surface area contributed by atoms with Gasteiger partial charge in [-0.05, 0) is 59.3 Å². The Morgan fingerprint density at radius 2 is 1.74 bits per heavy atom. The molecule has 2 heterocycles. The van der Waals surface area contributed by atoms with Crippen LogP contribution in [0.4, 0.5) is 11.4 Å². The number of pyridine rings is 1. The first-order valence-corrected chi connectivity index (χ1v) is 10.9. The van der Waals surface area contributed by atoms with E-state index >= 15 is 0 Å². The lowest BCUT2D eigenvalue weighted by atomic mass is 10.0. The average Bonchev–Trinajstić information content (AvgIpc) is 2.77. The van der Waals surface area contributed by atoms with E-state index in [1.807, 2.05) is 29.2 Å². The summed E-state index contributed by atoms with van der Waals surface area (Å²) in [4.78, 5) is 31.1. The minimum Gasteiger partial charge on any atom is -0.381 e. The van der Waals surface area contributed by atoms with Crippen LogP contribution >= 0.6 is 0 Å². The van der Waals surface area contributed by atoms with Crippen molar-refractivity contribution >= 4 is 28.2 Å². The van der Waals surface area contributed by atoms with Crippen molar-refractivity contribution in [3.63, 3.8) is 0 Å². The summed E-state index contributed by atoms with van der Waals surface area (Å²) in [7, 11) is 0. The van der Waals surface area contributed by atoms with Crippen LogP contribution in [-0.4, -0.2) is 42.0 Å². The highest BCUT2D eigenvalue weighted by atomic mass is 16.2. The third-order valence-corrected chi connectivity index (χ3v) is 6.05. The first-order valence-electron chi connectivity index (χ1n) is 10.9. The van der Waals surface area contributed by atoms with Crippen LogP contribution in [0.2, 0.25) is 0 Å². The number of nitrogens with zero attached hydrogens (tertiary/aromatic N) is 2. The number of rotatable bonds is 5. The van der Waals surface area contributed by atoms with Crippen molar-refractivity contribution < 1.29 is 4.79 Å². The molecule has 162 valence electrons. The van der Waals surface area contributed by atoms with Gasteiger partial charge in [0.15, 0.2) is 0 Å². The Kier molecular flexibility index (Phi) is 5.98. The molecular formula is C25H30N4O2. The molecule has 0 spiro atoms. The van der Waals surface area contributed by atoms with Crippen LogP contribution in [0.25, 0.3) is 10.9 Å². The van der Waals surface area contributed by atoms with E-state index in [0.717, 1.165) is 54.0 Å². The SMILES string of the molecule is CC(=O)N1CCN(c2ccc(NCc3cc4cc(C(C)C)ccc4[nH]c3=O)cc2)CC1. The van der Waals surface area contributed by atoms with Gasteiger partial charge >= 0.3 is 0 Å². The molecular weight excluding hydrogens is 388 g/mol. The predicted molar refractivity (Wildman–Crippen MR) is 127 cm³/mol. The lowest BCUT2D eigenvalue weighted by Gasteiger charge is -2.35. The zero-order valence-electron chi connectivity index (χ0n) is 18.4. The number of carbonyl (C=O) groups excluding carboxylic acids is 1. The van der Waals surface area contributed by atoms with Gasteiger partial charge in [-0.3, -0.25) is 9.59 Å². The number of aromatic amines is 1. The zero-order chi connectivity index (χ0) is 22.0. The van der Waals surface area contributed by atoms with Crippen LogP contribution in [0, 0.1) is 0 Å². The van der Waals surface area contributed by atoms with E-state index in [1.165, 1.54) is 5.56 Å². The minimum atomic E-state index is -0.0581. The largest absolute Gasteiger partial charge is 0.381 e. The van der Waals surface area contributed by atoms with Gasteiger partial charge in [0.1, 0.15) is 0 Å². The third-order valence-electron chi connectivity index (χ3n) is 6.05. The van der Waals surface area contributed by atoms with Gasteiger partial charge in [-0.2, -0.15) is 0 Å². The fourth-order valence-electron chi connectivity index (χ4n) is 4.03. The summed E-state index contributed by atoms with van der Waals surface area (Å²) in [5.41, 5.74) is 4.92. The molecule has 0 radical (unpaired) electrons. The summed E-state index contributed by atoms with van der Waals surface area (Å²) < 4.78 is 0. The molecule has 0 saturated carbocycles. The van der Waals surface area contributed by atoms with Gasteiger partial charge in [0.05, 0.1) is 0 Å². The van der Waals surface area contributed by atoms with Gasteiger partial charge in [-0.15, -0.1) is 0 Å². The van der Waals surface area contributed by atoms with Crippen molar-refractivity contribution in [2.24, 2.45) is 0 Å². The third kappa shape index (κ3) is 4.74. The normalized spacial score (nSPS) is 14.3. The Bertz CT molecular complexity index is 1130. The Labute approximate surface area is 182 Å². The molecule has 0 atom stereocenters. The number of hydrogen-bond acceptors (Lipinski definition) is 4. The van der Waals surface area contributed by atoms with E-state index in [0.29, 0.717) is 12.5 Å². The Morgan fingerprint density at radius 3 is 2.39 bits per heavy atom. The molecule has 1 fully saturated rings. The zero-order valence-corrected chi connectivity index (χ0v) is 18.4. The van der Waals surface area contributed by atoms with Crippen LogP contribution < -0.4 is 15.8 Å². The van der Waals surface area contributed by atoms with Crippen LogP contribution in [0.5, 0.6) is 0 Å². The molecule has 6 nitrogen and oxygen atoms in total. The van der Waals surface area contributed by atoms with Crippen molar-refractivity contribution in [2.75, 3.05) is 36.4 Å². The molecule has 31 heavy (non-hydrogen) atoms. The first-order chi connectivity index (χ1) is 14.9. The topological polar surface area (TPSA) is 68.4 Å². The van der Waals surface area contributed by atoms with Crippen molar-refractivity contribution in [3.8, 4) is 0 Å². The smallest absolute Gasteiger partial charge is 0.253 e. The van der Waals surface area contributed by atoms with Crippen LogP contribution in [0.1, 0.15) is 37.8 Å². The molecule has 4 rings (SSSR count). The first kappa shape index (κ1) is 21.0. The fourth-order valence-corrected chi connectivity index (χ4v) is 4.03. The minimum absolute atomic E-state index is 0.0581. The average molecular weight is 419 g/mol. The number of H-pyrrole nitrogens is 1. The number of aromatic nitrogens is 1. The highest BCUT2D eigenvalue weighted by molar-refractivity contribution is 5.80. The van der Waals surface area contributed by atoms with Crippen LogP contribution in [0.3, 0.4) is 0 Å². The molecule has 0 unspecified atom stereocenters. The Hall–Kier alpha value is -3.28. The van der Waals surface area contributed by atoms with Gasteiger partial charge in [0.2, 0.25) is 5.91 Å². The molecule has 2 aromatic carbocycles. The maximum absolute atomic E-state index is 12.5. The molecule has 0 aliphatic carbocycles. The summed E-state index contributed by atoms with van der Waals surface area (Å²) in [6.07, 6.45) is 0. The van der Waals surface area contributed by atoms with E-state index in [9.17, 15) is 9.59 Å². The quantitative estimate of drug-likeness (QED) is 0.659. The van der Waals surface area contributed by atoms with Crippen LogP contribution in [-0.2, 0) is 11.3 Å². The lowest BCUT2D eigenvalue weighted by Crippen LogP contribution is -2.48. The monoisotopic (exact) mass is 418 g/mol. The number of carbonyl (C=O) groups is 1. The number of anilines is 2. The van der Waals surface area contributed by atoms with Gasteiger partial charge in [0.25, 0.3) is 5.56 Å².